The molecule has 0 radical (unpaired) electrons. The van der Waals surface area contributed by atoms with Gasteiger partial charge in [0.2, 0.25) is 5.91 Å². The Morgan fingerprint density at radius 2 is 1.53 bits per heavy atom. The first kappa shape index (κ1) is 21.2. The number of anilines is 1. The van der Waals surface area contributed by atoms with Gasteiger partial charge >= 0.3 is 11.1 Å². The predicted molar refractivity (Wildman–Crippen MR) is 112 cm³/mol. The number of carbonyl (C=O) groups is 2. The second-order valence-corrected chi connectivity index (χ2v) is 8.90. The summed E-state index contributed by atoms with van der Waals surface area (Å²) in [5, 5.41) is 2.59. The molecule has 1 amide bonds. The Bertz CT molecular complexity index is 1370. The Kier molecular flexibility index (Phi) is 5.70. The van der Waals surface area contributed by atoms with E-state index in [-0.39, 0.29) is 22.6 Å². The zero-order valence-electron chi connectivity index (χ0n) is 16.2. The van der Waals surface area contributed by atoms with Crippen molar-refractivity contribution in [3.05, 3.63) is 68.2 Å². The summed E-state index contributed by atoms with van der Waals surface area (Å²) in [5.74, 6) is -1.04. The van der Waals surface area contributed by atoms with Crippen LogP contribution in [0.3, 0.4) is 0 Å². The van der Waals surface area contributed by atoms with E-state index in [4.69, 9.17) is 0 Å². The number of sulfone groups is 1. The number of aromatic nitrogens is 2. The van der Waals surface area contributed by atoms with Gasteiger partial charge in [0.15, 0.2) is 15.6 Å². The van der Waals surface area contributed by atoms with Crippen LogP contribution < -0.4 is 16.4 Å². The van der Waals surface area contributed by atoms with Crippen molar-refractivity contribution in [3.63, 3.8) is 0 Å². The molecule has 10 heteroatoms. The fourth-order valence-corrected chi connectivity index (χ4v) is 4.46. The van der Waals surface area contributed by atoms with Crippen LogP contribution in [0.2, 0.25) is 0 Å². The predicted octanol–water partition coefficient (Wildman–Crippen LogP) is 1.53. The maximum Gasteiger partial charge on any atom is 0.314 e. The molecule has 0 atom stereocenters. The maximum absolute atomic E-state index is 12.7. The van der Waals surface area contributed by atoms with E-state index in [1.54, 1.807) is 31.2 Å². The number of Topliss-reactive ketones (excluding diaryl/α,β-unsaturated/α-hetero) is 1. The highest BCUT2D eigenvalue weighted by Crippen LogP contribution is 2.22. The number of fused-ring (bicyclic) bond motifs is 1. The molecule has 3 aromatic rings. The maximum atomic E-state index is 12.7. The number of carbonyl (C=O) groups excluding carboxylic acids is 2. The average Bonchev–Trinajstić information content (AvgIpc) is 2.68. The van der Waals surface area contributed by atoms with Crippen molar-refractivity contribution in [1.29, 1.82) is 0 Å². The summed E-state index contributed by atoms with van der Waals surface area (Å²) in [6.07, 6.45) is -0.281. The van der Waals surface area contributed by atoms with Crippen molar-refractivity contribution in [2.75, 3.05) is 11.1 Å². The Balaban J connectivity index is 1.76. The molecule has 1 heterocycles. The zero-order valence-corrected chi connectivity index (χ0v) is 17.1. The minimum atomic E-state index is -3.83. The summed E-state index contributed by atoms with van der Waals surface area (Å²) in [6.45, 7) is 2.99. The summed E-state index contributed by atoms with van der Waals surface area (Å²) in [7, 11) is -3.83. The monoisotopic (exact) mass is 429 g/mol. The lowest BCUT2D eigenvalue weighted by Gasteiger charge is -2.10. The van der Waals surface area contributed by atoms with E-state index < -0.39 is 32.6 Å². The van der Waals surface area contributed by atoms with E-state index in [1.807, 2.05) is 0 Å². The third kappa shape index (κ3) is 4.54. The Morgan fingerprint density at radius 1 is 0.967 bits per heavy atom. The van der Waals surface area contributed by atoms with Crippen LogP contribution in [0.5, 0.6) is 0 Å². The number of hydrogen-bond acceptors (Lipinski definition) is 6. The summed E-state index contributed by atoms with van der Waals surface area (Å²) < 4.78 is 25.5. The van der Waals surface area contributed by atoms with Gasteiger partial charge in [0, 0.05) is 17.7 Å². The van der Waals surface area contributed by atoms with Gasteiger partial charge in [0.25, 0.3) is 0 Å². The molecule has 0 aliphatic heterocycles. The molecule has 2 aromatic carbocycles. The van der Waals surface area contributed by atoms with E-state index in [9.17, 15) is 27.6 Å². The zero-order chi connectivity index (χ0) is 22.1. The summed E-state index contributed by atoms with van der Waals surface area (Å²) in [4.78, 5) is 51.1. The molecule has 0 unspecified atom stereocenters. The third-order valence-electron chi connectivity index (χ3n) is 4.53. The van der Waals surface area contributed by atoms with Crippen LogP contribution in [0.15, 0.2) is 50.9 Å². The van der Waals surface area contributed by atoms with Gasteiger partial charge in [-0.05, 0) is 55.8 Å². The molecular formula is C20H19N3O6S. The molecule has 1 aromatic heterocycles. The second kappa shape index (κ2) is 8.07. The lowest BCUT2D eigenvalue weighted by Crippen LogP contribution is -2.29. The van der Waals surface area contributed by atoms with Gasteiger partial charge in [-0.3, -0.25) is 19.2 Å². The number of aromatic amines is 2. The number of rotatable bonds is 6. The van der Waals surface area contributed by atoms with E-state index in [0.29, 0.717) is 22.3 Å². The van der Waals surface area contributed by atoms with Crippen LogP contribution in [-0.4, -0.2) is 35.8 Å². The van der Waals surface area contributed by atoms with Gasteiger partial charge in [-0.1, -0.05) is 0 Å². The molecule has 0 saturated heterocycles. The molecular weight excluding hydrogens is 410 g/mol. The van der Waals surface area contributed by atoms with Gasteiger partial charge in [-0.25, -0.2) is 8.42 Å². The van der Waals surface area contributed by atoms with E-state index in [1.165, 1.54) is 19.1 Å². The SMILES string of the molecule is CC(=O)c1ccc(NC(=O)CCS(=O)(=O)c2cc3[nH]c(=O)c(=O)[nH]c3cc2C)cc1. The molecule has 3 rings (SSSR count). The smallest absolute Gasteiger partial charge is 0.314 e. The van der Waals surface area contributed by atoms with Crippen LogP contribution in [-0.2, 0) is 14.6 Å². The van der Waals surface area contributed by atoms with Crippen molar-refractivity contribution < 1.29 is 18.0 Å². The fraction of sp³-hybridized carbons (Fsp3) is 0.200. The molecule has 0 fully saturated rings. The lowest BCUT2D eigenvalue weighted by molar-refractivity contribution is -0.115. The van der Waals surface area contributed by atoms with E-state index in [0.717, 1.165) is 0 Å². The van der Waals surface area contributed by atoms with Crippen molar-refractivity contribution in [2.24, 2.45) is 0 Å². The van der Waals surface area contributed by atoms with Gasteiger partial charge in [-0.15, -0.1) is 0 Å². The van der Waals surface area contributed by atoms with Crippen molar-refractivity contribution in [1.82, 2.24) is 9.97 Å². The fourth-order valence-electron chi connectivity index (χ4n) is 2.94. The number of hydrogen-bond donors (Lipinski definition) is 3. The number of ketones is 1. The van der Waals surface area contributed by atoms with Gasteiger partial charge in [-0.2, -0.15) is 0 Å². The number of nitrogens with one attached hydrogen (secondary N) is 3. The minimum absolute atomic E-state index is 0.0312. The van der Waals surface area contributed by atoms with Gasteiger partial charge < -0.3 is 15.3 Å². The normalized spacial score (nSPS) is 11.4. The quantitative estimate of drug-likeness (QED) is 0.400. The highest BCUT2D eigenvalue weighted by Gasteiger charge is 2.20. The van der Waals surface area contributed by atoms with E-state index >= 15 is 0 Å². The second-order valence-electron chi connectivity index (χ2n) is 6.82. The van der Waals surface area contributed by atoms with Crippen LogP contribution >= 0.6 is 0 Å². The summed E-state index contributed by atoms with van der Waals surface area (Å²) in [6, 6.07) is 8.99. The molecule has 0 bridgehead atoms. The number of aryl methyl sites for hydroxylation is 1. The van der Waals surface area contributed by atoms with Crippen molar-refractivity contribution in [2.45, 2.75) is 25.2 Å². The molecule has 0 aliphatic rings. The first-order valence-electron chi connectivity index (χ1n) is 8.97. The largest absolute Gasteiger partial charge is 0.326 e. The first-order valence-corrected chi connectivity index (χ1v) is 10.6. The molecule has 3 N–H and O–H groups in total. The Hall–Kier alpha value is -3.53. The van der Waals surface area contributed by atoms with Crippen molar-refractivity contribution >= 4 is 38.2 Å². The molecule has 0 saturated carbocycles. The van der Waals surface area contributed by atoms with Crippen LogP contribution in [0.4, 0.5) is 5.69 Å². The topological polar surface area (TPSA) is 146 Å². The number of amides is 1. The highest BCUT2D eigenvalue weighted by atomic mass is 32.2. The summed E-state index contributed by atoms with van der Waals surface area (Å²) >= 11 is 0. The highest BCUT2D eigenvalue weighted by molar-refractivity contribution is 7.91. The van der Waals surface area contributed by atoms with E-state index in [2.05, 4.69) is 15.3 Å². The molecule has 0 aliphatic carbocycles. The summed E-state index contributed by atoms with van der Waals surface area (Å²) in [5.41, 5.74) is 0.106. The molecule has 156 valence electrons. The first-order chi connectivity index (χ1) is 14.1. The number of benzene rings is 2. The minimum Gasteiger partial charge on any atom is -0.326 e. The van der Waals surface area contributed by atoms with Crippen molar-refractivity contribution in [3.8, 4) is 0 Å². The molecule has 9 nitrogen and oxygen atoms in total. The van der Waals surface area contributed by atoms with Crippen LogP contribution in [0.1, 0.15) is 29.3 Å². The molecule has 30 heavy (non-hydrogen) atoms. The molecule has 0 spiro atoms. The average molecular weight is 429 g/mol. The lowest BCUT2D eigenvalue weighted by atomic mass is 10.1. The Morgan fingerprint density at radius 3 is 2.10 bits per heavy atom. The van der Waals surface area contributed by atoms with Gasteiger partial charge in [0.05, 0.1) is 21.7 Å². The third-order valence-corrected chi connectivity index (χ3v) is 6.38. The number of H-pyrrole nitrogens is 2. The van der Waals surface area contributed by atoms with Gasteiger partial charge in [0.1, 0.15) is 0 Å². The van der Waals surface area contributed by atoms with Crippen LogP contribution in [0, 0.1) is 6.92 Å². The standard InChI is InChI=1S/C20H19N3O6S/c1-11-9-15-16(23-20(27)19(26)22-15)10-17(11)30(28,29)8-7-18(25)21-14-5-3-13(4-6-14)12(2)24/h3-6,9-10H,7-8H2,1-2H3,(H,21,25)(H,22,26)(H,23,27). The van der Waals surface area contributed by atoms with Crippen LogP contribution in [0.25, 0.3) is 11.0 Å². The Labute approximate surface area is 171 Å².